The molecule has 21 heavy (non-hydrogen) atoms. The van der Waals surface area contributed by atoms with Crippen molar-refractivity contribution in [3.8, 4) is 5.75 Å². The minimum atomic E-state index is -0.985. The molecule has 0 spiro atoms. The third-order valence-electron chi connectivity index (χ3n) is 3.45. The fraction of sp³-hybridized carbons (Fsp3) is 0.250. The largest absolute Gasteiger partial charge is 0.497 e. The van der Waals surface area contributed by atoms with Crippen molar-refractivity contribution < 1.29 is 18.6 Å². The predicted octanol–water partition coefficient (Wildman–Crippen LogP) is 2.75. The summed E-state index contributed by atoms with van der Waals surface area (Å²) in [4.78, 5) is 0. The maximum atomic E-state index is 13.9. The smallest absolute Gasteiger partial charge is 0.129 e. The topological polar surface area (TPSA) is 55.5 Å². The standard InChI is InChI=1S/C16H17F2NO2/c1-21-12-5-2-10(3-6-12)16(20)14(9-19)13-7-4-11(17)8-15(13)18/h2-8,14,16,20H,9,19H2,1H3. The van der Waals surface area contributed by atoms with E-state index in [1.165, 1.54) is 6.07 Å². The second-order valence-corrected chi connectivity index (χ2v) is 4.73. The van der Waals surface area contributed by atoms with E-state index in [-0.39, 0.29) is 12.1 Å². The van der Waals surface area contributed by atoms with Gasteiger partial charge >= 0.3 is 0 Å². The molecule has 0 heterocycles. The van der Waals surface area contributed by atoms with Gasteiger partial charge in [0.1, 0.15) is 17.4 Å². The van der Waals surface area contributed by atoms with Crippen molar-refractivity contribution in [3.63, 3.8) is 0 Å². The van der Waals surface area contributed by atoms with Gasteiger partial charge in [-0.3, -0.25) is 0 Å². The first-order valence-corrected chi connectivity index (χ1v) is 6.54. The third kappa shape index (κ3) is 3.37. The molecule has 0 saturated heterocycles. The summed E-state index contributed by atoms with van der Waals surface area (Å²) in [5, 5.41) is 10.4. The second-order valence-electron chi connectivity index (χ2n) is 4.73. The number of hydrogen-bond acceptors (Lipinski definition) is 3. The molecule has 2 aromatic carbocycles. The highest BCUT2D eigenvalue weighted by Crippen LogP contribution is 2.32. The Bertz CT molecular complexity index is 602. The molecule has 2 atom stereocenters. The van der Waals surface area contributed by atoms with Gasteiger partial charge in [-0.05, 0) is 29.3 Å². The van der Waals surface area contributed by atoms with E-state index in [4.69, 9.17) is 10.5 Å². The minimum Gasteiger partial charge on any atom is -0.497 e. The number of nitrogens with two attached hydrogens (primary N) is 1. The van der Waals surface area contributed by atoms with Crippen molar-refractivity contribution in [1.82, 2.24) is 0 Å². The van der Waals surface area contributed by atoms with Gasteiger partial charge in [-0.25, -0.2) is 8.78 Å². The van der Waals surface area contributed by atoms with Gasteiger partial charge in [0.25, 0.3) is 0 Å². The molecular weight excluding hydrogens is 276 g/mol. The number of aliphatic hydroxyl groups is 1. The lowest BCUT2D eigenvalue weighted by molar-refractivity contribution is 0.145. The van der Waals surface area contributed by atoms with Crippen LogP contribution in [0.3, 0.4) is 0 Å². The summed E-state index contributed by atoms with van der Waals surface area (Å²) < 4.78 is 31.9. The van der Waals surface area contributed by atoms with Crippen molar-refractivity contribution in [2.24, 2.45) is 5.73 Å². The number of halogens is 2. The normalized spacial score (nSPS) is 13.8. The van der Waals surface area contributed by atoms with E-state index < -0.39 is 23.7 Å². The maximum Gasteiger partial charge on any atom is 0.129 e. The molecular formula is C16H17F2NO2. The zero-order chi connectivity index (χ0) is 15.4. The second kappa shape index (κ2) is 6.65. The van der Waals surface area contributed by atoms with Crippen LogP contribution in [-0.4, -0.2) is 18.8 Å². The van der Waals surface area contributed by atoms with Crippen LogP contribution in [0, 0.1) is 11.6 Å². The molecule has 3 N–H and O–H groups in total. The Morgan fingerprint density at radius 3 is 2.33 bits per heavy atom. The monoisotopic (exact) mass is 293 g/mol. The maximum absolute atomic E-state index is 13.9. The van der Waals surface area contributed by atoms with E-state index in [9.17, 15) is 13.9 Å². The van der Waals surface area contributed by atoms with Crippen LogP contribution in [0.2, 0.25) is 0 Å². The van der Waals surface area contributed by atoms with Gasteiger partial charge in [0.2, 0.25) is 0 Å². The van der Waals surface area contributed by atoms with E-state index in [0.29, 0.717) is 11.3 Å². The first kappa shape index (κ1) is 15.4. The summed E-state index contributed by atoms with van der Waals surface area (Å²) >= 11 is 0. The highest BCUT2D eigenvalue weighted by Gasteiger charge is 2.24. The molecule has 0 bridgehead atoms. The fourth-order valence-electron chi connectivity index (χ4n) is 2.26. The van der Waals surface area contributed by atoms with Crippen molar-refractivity contribution >= 4 is 0 Å². The van der Waals surface area contributed by atoms with Gasteiger partial charge in [-0.1, -0.05) is 18.2 Å². The molecule has 2 aromatic rings. The van der Waals surface area contributed by atoms with Crippen LogP contribution in [0.4, 0.5) is 8.78 Å². The summed E-state index contributed by atoms with van der Waals surface area (Å²) in [5.74, 6) is -1.37. The molecule has 0 saturated carbocycles. The lowest BCUT2D eigenvalue weighted by Gasteiger charge is -2.23. The molecule has 5 heteroatoms. The summed E-state index contributed by atoms with van der Waals surface area (Å²) in [6.07, 6.45) is -0.985. The van der Waals surface area contributed by atoms with Crippen LogP contribution in [0.5, 0.6) is 5.75 Å². The van der Waals surface area contributed by atoms with E-state index >= 15 is 0 Å². The zero-order valence-electron chi connectivity index (χ0n) is 11.6. The Hall–Kier alpha value is -1.98. The van der Waals surface area contributed by atoms with Crippen LogP contribution in [0.1, 0.15) is 23.1 Å². The fourth-order valence-corrected chi connectivity index (χ4v) is 2.26. The lowest BCUT2D eigenvalue weighted by atomic mass is 9.89. The van der Waals surface area contributed by atoms with Crippen LogP contribution in [-0.2, 0) is 0 Å². The predicted molar refractivity (Wildman–Crippen MR) is 76.1 cm³/mol. The van der Waals surface area contributed by atoms with Crippen LogP contribution in [0.25, 0.3) is 0 Å². The first-order chi connectivity index (χ1) is 10.1. The SMILES string of the molecule is COc1ccc(C(O)C(CN)c2ccc(F)cc2F)cc1. The van der Waals surface area contributed by atoms with Crippen LogP contribution >= 0.6 is 0 Å². The van der Waals surface area contributed by atoms with Crippen LogP contribution in [0.15, 0.2) is 42.5 Å². The first-order valence-electron chi connectivity index (χ1n) is 6.54. The third-order valence-corrected chi connectivity index (χ3v) is 3.45. The number of hydrogen-bond donors (Lipinski definition) is 2. The number of benzene rings is 2. The number of methoxy groups -OCH3 is 1. The quantitative estimate of drug-likeness (QED) is 0.891. The van der Waals surface area contributed by atoms with Crippen molar-refractivity contribution in [2.45, 2.75) is 12.0 Å². The zero-order valence-corrected chi connectivity index (χ0v) is 11.6. The van der Waals surface area contributed by atoms with E-state index in [1.807, 2.05) is 0 Å². The average Bonchev–Trinajstić information content (AvgIpc) is 2.50. The van der Waals surface area contributed by atoms with Gasteiger partial charge in [0.05, 0.1) is 13.2 Å². The molecule has 0 aliphatic carbocycles. The van der Waals surface area contributed by atoms with Gasteiger partial charge in [-0.2, -0.15) is 0 Å². The highest BCUT2D eigenvalue weighted by molar-refractivity contribution is 5.32. The van der Waals surface area contributed by atoms with Gasteiger partial charge in [0.15, 0.2) is 0 Å². The lowest BCUT2D eigenvalue weighted by Crippen LogP contribution is -2.21. The minimum absolute atomic E-state index is 0.0374. The number of aliphatic hydroxyl groups excluding tert-OH is 1. The molecule has 0 aliphatic rings. The molecule has 0 fully saturated rings. The molecule has 2 unspecified atom stereocenters. The Labute approximate surface area is 122 Å². The Kier molecular flexibility index (Phi) is 4.88. The van der Waals surface area contributed by atoms with Gasteiger partial charge in [-0.15, -0.1) is 0 Å². The van der Waals surface area contributed by atoms with Crippen molar-refractivity contribution in [3.05, 3.63) is 65.2 Å². The van der Waals surface area contributed by atoms with Crippen LogP contribution < -0.4 is 10.5 Å². The van der Waals surface area contributed by atoms with Crippen molar-refractivity contribution in [2.75, 3.05) is 13.7 Å². The number of rotatable bonds is 5. The molecule has 0 aliphatic heterocycles. The Balaban J connectivity index is 2.30. The summed E-state index contributed by atoms with van der Waals surface area (Å²) in [7, 11) is 1.54. The van der Waals surface area contributed by atoms with Crippen molar-refractivity contribution in [1.29, 1.82) is 0 Å². The van der Waals surface area contributed by atoms with Gasteiger partial charge < -0.3 is 15.6 Å². The number of ether oxygens (including phenoxy) is 1. The summed E-state index contributed by atoms with van der Waals surface area (Å²) in [5.41, 5.74) is 6.45. The Morgan fingerprint density at radius 1 is 1.14 bits per heavy atom. The van der Waals surface area contributed by atoms with Gasteiger partial charge in [0, 0.05) is 18.5 Å². The average molecular weight is 293 g/mol. The highest BCUT2D eigenvalue weighted by atomic mass is 19.1. The molecule has 0 amide bonds. The Morgan fingerprint density at radius 2 is 1.81 bits per heavy atom. The summed E-state index contributed by atoms with van der Waals surface area (Å²) in [6, 6.07) is 10.0. The molecule has 112 valence electrons. The molecule has 3 nitrogen and oxygen atoms in total. The molecule has 0 radical (unpaired) electrons. The van der Waals surface area contributed by atoms with E-state index in [1.54, 1.807) is 31.4 Å². The van der Waals surface area contributed by atoms with E-state index in [2.05, 4.69) is 0 Å². The molecule has 0 aromatic heterocycles. The summed E-state index contributed by atoms with van der Waals surface area (Å²) in [6.45, 7) is 0.0374. The van der Waals surface area contributed by atoms with E-state index in [0.717, 1.165) is 12.1 Å². The molecule has 2 rings (SSSR count).